The predicted octanol–water partition coefficient (Wildman–Crippen LogP) is 1.21. The molecule has 4 rings (SSSR count). The first-order valence-corrected chi connectivity index (χ1v) is 10.5. The van der Waals surface area contributed by atoms with Gasteiger partial charge in [0.1, 0.15) is 5.03 Å². The van der Waals surface area contributed by atoms with E-state index in [0.717, 1.165) is 16.4 Å². The molecule has 11 heteroatoms. The highest BCUT2D eigenvalue weighted by Crippen LogP contribution is 2.17. The number of thioether (sulfide) groups is 1. The molecule has 0 atom stereocenters. The second-order valence-corrected chi connectivity index (χ2v) is 8.21. The van der Waals surface area contributed by atoms with E-state index >= 15 is 0 Å². The lowest BCUT2D eigenvalue weighted by Crippen LogP contribution is -2.39. The largest absolute Gasteiger partial charge is 0.332 e. The Labute approximate surface area is 176 Å². The van der Waals surface area contributed by atoms with E-state index in [2.05, 4.69) is 20.3 Å². The van der Waals surface area contributed by atoms with Gasteiger partial charge in [0.25, 0.3) is 5.56 Å². The lowest BCUT2D eigenvalue weighted by atomic mass is 10.4. The average molecular weight is 427 g/mol. The van der Waals surface area contributed by atoms with Crippen molar-refractivity contribution in [1.82, 2.24) is 38.7 Å². The molecule has 0 unspecified atom stereocenters. The fourth-order valence-electron chi connectivity index (χ4n) is 3.36. The molecule has 0 aliphatic carbocycles. The van der Waals surface area contributed by atoms with E-state index in [9.17, 15) is 9.59 Å². The summed E-state index contributed by atoms with van der Waals surface area (Å²) < 4.78 is 6.07. The van der Waals surface area contributed by atoms with Crippen LogP contribution in [0.3, 0.4) is 0 Å². The number of aryl methyl sites for hydroxylation is 4. The number of fused-ring (bicyclic) bond motifs is 1. The summed E-state index contributed by atoms with van der Waals surface area (Å²) in [5.74, 6) is 1.37. The van der Waals surface area contributed by atoms with Gasteiger partial charge in [0.05, 0.1) is 12.0 Å². The maximum Gasteiger partial charge on any atom is 0.332 e. The third-order valence-electron chi connectivity index (χ3n) is 4.83. The molecule has 0 saturated carbocycles. The number of hydrogen-bond donors (Lipinski definition) is 0. The van der Waals surface area contributed by atoms with Crippen LogP contribution >= 0.6 is 11.8 Å². The summed E-state index contributed by atoms with van der Waals surface area (Å²) in [6.45, 7) is 4.24. The van der Waals surface area contributed by atoms with Crippen LogP contribution in [0.25, 0.3) is 17.0 Å². The Hall–Kier alpha value is -3.21. The highest BCUT2D eigenvalue weighted by Gasteiger charge is 2.14. The summed E-state index contributed by atoms with van der Waals surface area (Å²) >= 11 is 1.53. The molecule has 4 aromatic rings. The number of aromatic nitrogens is 8. The van der Waals surface area contributed by atoms with E-state index in [4.69, 9.17) is 0 Å². The summed E-state index contributed by atoms with van der Waals surface area (Å²) in [4.78, 5) is 29.4. The molecule has 0 spiro atoms. The van der Waals surface area contributed by atoms with Gasteiger partial charge in [-0.3, -0.25) is 13.9 Å². The standard InChI is InChI=1S/C19H22N8O2S/c1-12-10-13(2)27(23-12)14-6-7-15(22-21-14)30-9-5-8-26-18(28)16-17(20-11-24(16)3)25(4)19(26)29/h6-7,10-11H,5,8-9H2,1-4H3. The van der Waals surface area contributed by atoms with E-state index in [1.807, 2.05) is 32.0 Å². The smallest absolute Gasteiger partial charge is 0.328 e. The van der Waals surface area contributed by atoms with E-state index in [-0.39, 0.29) is 11.2 Å². The SMILES string of the molecule is Cc1cc(C)n(-c2ccc(SCCCn3c(=O)c4c(ncn4C)n(C)c3=O)nn2)n1. The molecule has 0 aromatic carbocycles. The van der Waals surface area contributed by atoms with Crippen molar-refractivity contribution >= 4 is 22.9 Å². The molecule has 4 heterocycles. The normalized spacial score (nSPS) is 11.5. The first kappa shape index (κ1) is 20.1. The average Bonchev–Trinajstić information content (AvgIpc) is 3.28. The Kier molecular flexibility index (Phi) is 5.29. The van der Waals surface area contributed by atoms with Gasteiger partial charge in [-0.2, -0.15) is 5.10 Å². The maximum absolute atomic E-state index is 12.7. The van der Waals surface area contributed by atoms with Crippen molar-refractivity contribution in [3.63, 3.8) is 0 Å². The number of nitrogens with zero attached hydrogens (tertiary/aromatic N) is 8. The summed E-state index contributed by atoms with van der Waals surface area (Å²) in [7, 11) is 3.37. The van der Waals surface area contributed by atoms with E-state index in [1.54, 1.807) is 29.7 Å². The van der Waals surface area contributed by atoms with Gasteiger partial charge in [-0.05, 0) is 38.5 Å². The molecule has 0 aliphatic rings. The van der Waals surface area contributed by atoms with Crippen molar-refractivity contribution in [3.05, 3.63) is 56.8 Å². The van der Waals surface area contributed by atoms with Crippen LogP contribution in [0.2, 0.25) is 0 Å². The molecule has 0 N–H and O–H groups in total. The minimum Gasteiger partial charge on any atom is -0.328 e. The minimum absolute atomic E-state index is 0.313. The van der Waals surface area contributed by atoms with Gasteiger partial charge in [0.15, 0.2) is 17.0 Å². The quantitative estimate of drug-likeness (QED) is 0.337. The third kappa shape index (κ3) is 3.56. The monoisotopic (exact) mass is 426 g/mol. The lowest BCUT2D eigenvalue weighted by molar-refractivity contribution is 0.594. The Morgan fingerprint density at radius 3 is 2.57 bits per heavy atom. The van der Waals surface area contributed by atoms with Gasteiger partial charge in [-0.1, -0.05) is 0 Å². The van der Waals surface area contributed by atoms with E-state index in [0.29, 0.717) is 35.7 Å². The van der Waals surface area contributed by atoms with Crippen LogP contribution in [0.4, 0.5) is 0 Å². The van der Waals surface area contributed by atoms with Crippen LogP contribution in [-0.4, -0.2) is 44.4 Å². The van der Waals surface area contributed by atoms with Gasteiger partial charge in [0, 0.05) is 32.1 Å². The van der Waals surface area contributed by atoms with E-state index in [1.165, 1.54) is 20.9 Å². The highest BCUT2D eigenvalue weighted by atomic mass is 32.2. The van der Waals surface area contributed by atoms with Gasteiger partial charge in [0.2, 0.25) is 0 Å². The number of imidazole rings is 1. The number of rotatable bonds is 6. The molecular formula is C19H22N8O2S. The van der Waals surface area contributed by atoms with Gasteiger partial charge >= 0.3 is 5.69 Å². The Morgan fingerprint density at radius 1 is 1.10 bits per heavy atom. The Balaban J connectivity index is 1.42. The van der Waals surface area contributed by atoms with E-state index < -0.39 is 0 Å². The molecular weight excluding hydrogens is 404 g/mol. The second kappa shape index (κ2) is 7.90. The van der Waals surface area contributed by atoms with Crippen LogP contribution in [0, 0.1) is 13.8 Å². The van der Waals surface area contributed by atoms with Crippen LogP contribution < -0.4 is 11.2 Å². The molecule has 0 fully saturated rings. The van der Waals surface area contributed by atoms with Crippen molar-refractivity contribution in [3.8, 4) is 5.82 Å². The summed E-state index contributed by atoms with van der Waals surface area (Å²) in [6.07, 6.45) is 2.18. The highest BCUT2D eigenvalue weighted by molar-refractivity contribution is 7.99. The third-order valence-corrected chi connectivity index (χ3v) is 5.84. The van der Waals surface area contributed by atoms with Crippen LogP contribution in [0.1, 0.15) is 17.8 Å². The van der Waals surface area contributed by atoms with Gasteiger partial charge in [-0.15, -0.1) is 22.0 Å². The van der Waals surface area contributed by atoms with Crippen LogP contribution in [0.15, 0.2) is 39.1 Å². The Morgan fingerprint density at radius 2 is 1.90 bits per heavy atom. The summed E-state index contributed by atoms with van der Waals surface area (Å²) in [5, 5.41) is 13.7. The molecule has 0 amide bonds. The molecule has 4 aromatic heterocycles. The summed E-state index contributed by atoms with van der Waals surface area (Å²) in [5.41, 5.74) is 2.09. The minimum atomic E-state index is -0.356. The molecule has 0 radical (unpaired) electrons. The van der Waals surface area contributed by atoms with Crippen LogP contribution in [0.5, 0.6) is 0 Å². The van der Waals surface area contributed by atoms with Crippen molar-refractivity contribution in [1.29, 1.82) is 0 Å². The van der Waals surface area contributed by atoms with Crippen molar-refractivity contribution < 1.29 is 0 Å². The maximum atomic E-state index is 12.7. The zero-order valence-corrected chi connectivity index (χ0v) is 18.0. The second-order valence-electron chi connectivity index (χ2n) is 7.10. The first-order valence-electron chi connectivity index (χ1n) is 9.48. The number of hydrogen-bond acceptors (Lipinski definition) is 7. The molecule has 156 valence electrons. The molecule has 0 aliphatic heterocycles. The zero-order chi connectivity index (χ0) is 21.4. The first-order chi connectivity index (χ1) is 14.4. The van der Waals surface area contributed by atoms with Crippen molar-refractivity contribution in [2.24, 2.45) is 14.1 Å². The van der Waals surface area contributed by atoms with Gasteiger partial charge < -0.3 is 4.57 Å². The van der Waals surface area contributed by atoms with Crippen molar-refractivity contribution in [2.45, 2.75) is 31.8 Å². The predicted molar refractivity (Wildman–Crippen MR) is 114 cm³/mol. The summed E-state index contributed by atoms with van der Waals surface area (Å²) in [6, 6.07) is 5.76. The molecule has 10 nitrogen and oxygen atoms in total. The van der Waals surface area contributed by atoms with Crippen LogP contribution in [-0.2, 0) is 20.6 Å². The fourth-order valence-corrected chi connectivity index (χ4v) is 4.10. The van der Waals surface area contributed by atoms with Gasteiger partial charge in [-0.25, -0.2) is 14.5 Å². The zero-order valence-electron chi connectivity index (χ0n) is 17.2. The lowest BCUT2D eigenvalue weighted by Gasteiger charge is -2.08. The Bertz CT molecular complexity index is 1330. The fraction of sp³-hybridized carbons (Fsp3) is 0.368. The topological polar surface area (TPSA) is 105 Å². The van der Waals surface area contributed by atoms with Crippen molar-refractivity contribution in [2.75, 3.05) is 5.75 Å². The molecule has 0 saturated heterocycles. The molecule has 0 bridgehead atoms. The molecule has 30 heavy (non-hydrogen) atoms.